The van der Waals surface area contributed by atoms with Crippen molar-refractivity contribution >= 4 is 27.2 Å². The lowest BCUT2D eigenvalue weighted by Gasteiger charge is -1.90. The quantitative estimate of drug-likeness (QED) is 0.340. The third-order valence-electron chi connectivity index (χ3n) is 1.34. The predicted molar refractivity (Wildman–Crippen MR) is 48.1 cm³/mol. The molecule has 0 unspecified atom stereocenters. The maximum absolute atomic E-state index is 10.6. The monoisotopic (exact) mass is 221 g/mol. The van der Waals surface area contributed by atoms with Gasteiger partial charge in [-0.3, -0.25) is 4.55 Å². The van der Waals surface area contributed by atoms with Crippen LogP contribution in [0.3, 0.4) is 0 Å². The van der Waals surface area contributed by atoms with E-state index in [9.17, 15) is 8.42 Å². The second-order valence-corrected chi connectivity index (χ2v) is 5.01. The van der Waals surface area contributed by atoms with Crippen molar-refractivity contribution in [3.05, 3.63) is 17.0 Å². The Morgan fingerprint density at radius 1 is 1.54 bits per heavy atom. The first-order chi connectivity index (χ1) is 5.95. The maximum Gasteiger partial charge on any atom is 0.304 e. The second-order valence-electron chi connectivity index (χ2n) is 2.28. The largest absolute Gasteiger partial charge is 0.411 e. The van der Waals surface area contributed by atoms with Crippen LogP contribution in [0.25, 0.3) is 0 Å². The molecule has 0 amide bonds. The topological polar surface area (TPSA) is 87.0 Å². The van der Waals surface area contributed by atoms with Crippen molar-refractivity contribution in [1.29, 1.82) is 0 Å². The number of hydrogen-bond donors (Lipinski definition) is 2. The highest BCUT2D eigenvalue weighted by Crippen LogP contribution is 2.21. The van der Waals surface area contributed by atoms with E-state index in [1.54, 1.807) is 0 Å². The summed E-state index contributed by atoms with van der Waals surface area (Å²) in [6, 6.07) is 2.72. The molecule has 7 heteroatoms. The van der Waals surface area contributed by atoms with Gasteiger partial charge in [-0.05, 0) is 19.1 Å². The van der Waals surface area contributed by atoms with Crippen LogP contribution in [0.15, 0.2) is 21.5 Å². The molecule has 0 saturated heterocycles. The Hall–Kier alpha value is -0.920. The van der Waals surface area contributed by atoms with Crippen LogP contribution in [0.2, 0.25) is 0 Å². The van der Waals surface area contributed by atoms with Crippen molar-refractivity contribution in [2.75, 3.05) is 0 Å². The summed E-state index contributed by atoms with van der Waals surface area (Å²) in [6.07, 6.45) is 0. The molecule has 13 heavy (non-hydrogen) atoms. The Kier molecular flexibility index (Phi) is 2.69. The lowest BCUT2D eigenvalue weighted by molar-refractivity contribution is 0.319. The fourth-order valence-electron chi connectivity index (χ4n) is 0.703. The number of nitrogens with zero attached hydrogens (tertiary/aromatic N) is 1. The van der Waals surface area contributed by atoms with E-state index in [4.69, 9.17) is 9.76 Å². The highest BCUT2D eigenvalue weighted by molar-refractivity contribution is 7.88. The second kappa shape index (κ2) is 3.44. The normalized spacial score (nSPS) is 13.2. The van der Waals surface area contributed by atoms with Crippen LogP contribution in [-0.2, 0) is 10.1 Å². The molecular formula is C6H7NO4S2. The Bertz CT molecular complexity index is 431. The minimum absolute atomic E-state index is 0.162. The fraction of sp³-hybridized carbons (Fsp3) is 0.167. The first-order valence-electron chi connectivity index (χ1n) is 3.21. The predicted octanol–water partition coefficient (Wildman–Crippen LogP) is 1.19. The van der Waals surface area contributed by atoms with E-state index in [1.807, 2.05) is 0 Å². The molecule has 0 aliphatic heterocycles. The van der Waals surface area contributed by atoms with Gasteiger partial charge in [-0.15, -0.1) is 11.3 Å². The molecule has 0 fully saturated rings. The minimum atomic E-state index is -4.14. The zero-order chi connectivity index (χ0) is 10.1. The summed E-state index contributed by atoms with van der Waals surface area (Å²) in [5, 5.41) is 11.3. The smallest absolute Gasteiger partial charge is 0.304 e. The van der Waals surface area contributed by atoms with Gasteiger partial charge in [0.15, 0.2) is 0 Å². The highest BCUT2D eigenvalue weighted by Gasteiger charge is 2.13. The fourth-order valence-corrected chi connectivity index (χ4v) is 2.31. The molecule has 0 spiro atoms. The molecule has 0 aromatic carbocycles. The molecule has 1 aromatic heterocycles. The molecule has 1 rings (SSSR count). The average molecular weight is 221 g/mol. The first-order valence-corrected chi connectivity index (χ1v) is 5.47. The summed E-state index contributed by atoms with van der Waals surface area (Å²) in [5.41, 5.74) is 0.305. The van der Waals surface area contributed by atoms with Crippen molar-refractivity contribution < 1.29 is 18.2 Å². The Balaban J connectivity index is 3.15. The average Bonchev–Trinajstić information content (AvgIpc) is 2.50. The molecule has 0 radical (unpaired) electrons. The van der Waals surface area contributed by atoms with Gasteiger partial charge in [-0.1, -0.05) is 5.16 Å². The van der Waals surface area contributed by atoms with E-state index >= 15 is 0 Å². The molecule has 0 aliphatic rings. The summed E-state index contributed by atoms with van der Waals surface area (Å²) in [5.74, 6) is 0. The maximum atomic E-state index is 10.6. The number of oxime groups is 1. The van der Waals surface area contributed by atoms with E-state index in [1.165, 1.54) is 19.1 Å². The van der Waals surface area contributed by atoms with Crippen molar-refractivity contribution in [2.24, 2.45) is 5.16 Å². The van der Waals surface area contributed by atoms with Gasteiger partial charge >= 0.3 is 10.1 Å². The Morgan fingerprint density at radius 2 is 2.15 bits per heavy atom. The van der Waals surface area contributed by atoms with Crippen molar-refractivity contribution in [3.8, 4) is 0 Å². The van der Waals surface area contributed by atoms with E-state index in [0.29, 0.717) is 10.6 Å². The van der Waals surface area contributed by atoms with Crippen LogP contribution in [0.1, 0.15) is 11.8 Å². The molecular weight excluding hydrogens is 214 g/mol. The molecule has 1 aromatic rings. The van der Waals surface area contributed by atoms with Gasteiger partial charge in [-0.25, -0.2) is 0 Å². The van der Waals surface area contributed by atoms with Gasteiger partial charge in [0, 0.05) is 0 Å². The third-order valence-corrected chi connectivity index (χ3v) is 3.86. The van der Waals surface area contributed by atoms with E-state index in [-0.39, 0.29) is 4.21 Å². The Labute approximate surface area is 79.1 Å². The summed E-state index contributed by atoms with van der Waals surface area (Å²) in [4.78, 5) is 0.495. The Morgan fingerprint density at radius 3 is 2.54 bits per heavy atom. The molecule has 1 heterocycles. The number of rotatable bonds is 2. The van der Waals surface area contributed by atoms with Gasteiger partial charge in [0.05, 0.1) is 10.6 Å². The molecule has 0 saturated carbocycles. The molecule has 0 aliphatic carbocycles. The third kappa shape index (κ3) is 2.27. The summed E-state index contributed by atoms with van der Waals surface area (Å²) < 4.78 is 29.7. The first kappa shape index (κ1) is 10.2. The zero-order valence-electron chi connectivity index (χ0n) is 6.63. The van der Waals surface area contributed by atoms with E-state index in [2.05, 4.69) is 5.16 Å². The standard InChI is InChI=1S/C6H7NO4S2/c1-4(7-8)5-2-3-6(12-5)13(9,10)11/h2-3,8H,1H3,(H,9,10,11)/b7-4-. The molecule has 2 N–H and O–H groups in total. The van der Waals surface area contributed by atoms with Gasteiger partial charge in [0.2, 0.25) is 0 Å². The lowest BCUT2D eigenvalue weighted by Crippen LogP contribution is -1.93. The van der Waals surface area contributed by atoms with Crippen LogP contribution in [-0.4, -0.2) is 23.9 Å². The van der Waals surface area contributed by atoms with Crippen LogP contribution in [0.4, 0.5) is 0 Å². The molecule has 5 nitrogen and oxygen atoms in total. The highest BCUT2D eigenvalue weighted by atomic mass is 32.3. The molecule has 72 valence electrons. The summed E-state index contributed by atoms with van der Waals surface area (Å²) in [7, 11) is -4.14. The summed E-state index contributed by atoms with van der Waals surface area (Å²) in [6.45, 7) is 1.53. The van der Waals surface area contributed by atoms with Crippen molar-refractivity contribution in [1.82, 2.24) is 0 Å². The van der Waals surface area contributed by atoms with Crippen LogP contribution in [0.5, 0.6) is 0 Å². The molecule has 0 atom stereocenters. The van der Waals surface area contributed by atoms with E-state index < -0.39 is 10.1 Å². The van der Waals surface area contributed by atoms with Crippen molar-refractivity contribution in [2.45, 2.75) is 11.1 Å². The van der Waals surface area contributed by atoms with Crippen LogP contribution >= 0.6 is 11.3 Å². The lowest BCUT2D eigenvalue weighted by atomic mass is 10.3. The van der Waals surface area contributed by atoms with Gasteiger partial charge in [0.25, 0.3) is 0 Å². The van der Waals surface area contributed by atoms with Gasteiger partial charge < -0.3 is 5.21 Å². The number of hydrogen-bond acceptors (Lipinski definition) is 5. The van der Waals surface area contributed by atoms with Crippen LogP contribution < -0.4 is 0 Å². The minimum Gasteiger partial charge on any atom is -0.411 e. The van der Waals surface area contributed by atoms with Gasteiger partial charge in [0.1, 0.15) is 4.21 Å². The van der Waals surface area contributed by atoms with E-state index in [0.717, 1.165) is 11.3 Å². The van der Waals surface area contributed by atoms with Crippen molar-refractivity contribution in [3.63, 3.8) is 0 Å². The zero-order valence-corrected chi connectivity index (χ0v) is 8.26. The van der Waals surface area contributed by atoms with Crippen LogP contribution in [0, 0.1) is 0 Å². The van der Waals surface area contributed by atoms with Gasteiger partial charge in [-0.2, -0.15) is 8.42 Å². The number of thiophene rings is 1. The molecule has 0 bridgehead atoms. The SMILES string of the molecule is C/C(=N/O)c1ccc(S(=O)(=O)O)s1. The summed E-state index contributed by atoms with van der Waals surface area (Å²) >= 11 is 0.844.